The first-order valence-electron chi connectivity index (χ1n) is 3.56. The third-order valence-electron chi connectivity index (χ3n) is 2.02. The number of nitrogens with one attached hydrogen (secondary N) is 1. The molecule has 54 valence electrons. The van der Waals surface area contributed by atoms with Gasteiger partial charge in [-0.2, -0.15) is 0 Å². The van der Waals surface area contributed by atoms with Crippen molar-refractivity contribution in [1.29, 1.82) is 0 Å². The van der Waals surface area contributed by atoms with Gasteiger partial charge in [-0.1, -0.05) is 12.2 Å². The molecule has 0 saturated carbocycles. The number of hydrogen-bond acceptors (Lipinski definition) is 2. The third kappa shape index (κ3) is 0.743. The molecule has 0 aromatic heterocycles. The number of nitrogens with zero attached hydrogens (tertiary/aromatic N) is 1. The normalized spacial score (nSPS) is 32.0. The van der Waals surface area contributed by atoms with Crippen LogP contribution < -0.4 is 5.32 Å². The van der Waals surface area contributed by atoms with Crippen molar-refractivity contribution in [3.8, 4) is 0 Å². The molecule has 2 rings (SSSR count). The average molecular weight is 138 g/mol. The molecule has 0 spiro atoms. The summed E-state index contributed by atoms with van der Waals surface area (Å²) in [5.74, 6) is 0.153. The minimum absolute atomic E-state index is 0.0359. The first-order chi connectivity index (χ1) is 4.88. The summed E-state index contributed by atoms with van der Waals surface area (Å²) in [5.41, 5.74) is 0. The summed E-state index contributed by atoms with van der Waals surface area (Å²) in [6, 6.07) is 0.0359. The van der Waals surface area contributed by atoms with Gasteiger partial charge in [-0.3, -0.25) is 9.69 Å². The number of carbonyl (C=O) groups excluding carboxylic acids is 1. The minimum atomic E-state index is 0.0359. The predicted molar refractivity (Wildman–Crippen MR) is 37.5 cm³/mol. The maximum Gasteiger partial charge on any atom is 0.241 e. The van der Waals surface area contributed by atoms with Crippen LogP contribution in [0.1, 0.15) is 0 Å². The highest BCUT2D eigenvalue weighted by Gasteiger charge is 2.29. The van der Waals surface area contributed by atoms with Crippen LogP contribution in [0.4, 0.5) is 0 Å². The molecule has 0 aromatic carbocycles. The highest BCUT2D eigenvalue weighted by molar-refractivity contribution is 5.84. The fourth-order valence-electron chi connectivity index (χ4n) is 1.47. The molecular weight excluding hydrogens is 128 g/mol. The molecule has 1 amide bonds. The van der Waals surface area contributed by atoms with Crippen molar-refractivity contribution in [3.05, 3.63) is 12.2 Å². The number of rotatable bonds is 0. The van der Waals surface area contributed by atoms with Crippen LogP contribution in [0.3, 0.4) is 0 Å². The second-order valence-electron chi connectivity index (χ2n) is 2.66. The van der Waals surface area contributed by atoms with E-state index in [4.69, 9.17) is 0 Å². The van der Waals surface area contributed by atoms with Crippen molar-refractivity contribution in [2.24, 2.45) is 0 Å². The van der Waals surface area contributed by atoms with Gasteiger partial charge < -0.3 is 5.32 Å². The maximum absolute atomic E-state index is 11.1. The van der Waals surface area contributed by atoms with Gasteiger partial charge in [0, 0.05) is 19.6 Å². The summed E-state index contributed by atoms with van der Waals surface area (Å²) in [4.78, 5) is 13.2. The van der Waals surface area contributed by atoms with Crippen molar-refractivity contribution in [1.82, 2.24) is 10.2 Å². The van der Waals surface area contributed by atoms with Gasteiger partial charge >= 0.3 is 0 Å². The molecular formula is C7H10N2O. The predicted octanol–water partition coefficient (Wildman–Crippen LogP) is -0.643. The van der Waals surface area contributed by atoms with Gasteiger partial charge in [0.1, 0.15) is 6.04 Å². The summed E-state index contributed by atoms with van der Waals surface area (Å²) in [6.07, 6.45) is 4.02. The lowest BCUT2D eigenvalue weighted by Gasteiger charge is -2.28. The molecule has 3 nitrogen and oxygen atoms in total. The fourth-order valence-corrected chi connectivity index (χ4v) is 1.47. The molecule has 1 atom stereocenters. The lowest BCUT2D eigenvalue weighted by atomic mass is 10.2. The van der Waals surface area contributed by atoms with Crippen LogP contribution in [-0.2, 0) is 4.79 Å². The van der Waals surface area contributed by atoms with E-state index in [1.165, 1.54) is 0 Å². The molecule has 1 N–H and O–H groups in total. The van der Waals surface area contributed by atoms with Crippen LogP contribution in [0.25, 0.3) is 0 Å². The first-order valence-corrected chi connectivity index (χ1v) is 3.56. The Morgan fingerprint density at radius 1 is 1.70 bits per heavy atom. The Kier molecular flexibility index (Phi) is 1.24. The van der Waals surface area contributed by atoms with E-state index in [0.717, 1.165) is 19.6 Å². The zero-order valence-electron chi connectivity index (χ0n) is 5.71. The molecule has 1 fully saturated rings. The van der Waals surface area contributed by atoms with Crippen LogP contribution in [0, 0.1) is 0 Å². The highest BCUT2D eigenvalue weighted by Crippen LogP contribution is 2.11. The van der Waals surface area contributed by atoms with Crippen molar-refractivity contribution in [2.75, 3.05) is 19.6 Å². The Hall–Kier alpha value is -0.830. The van der Waals surface area contributed by atoms with Crippen molar-refractivity contribution in [3.63, 3.8) is 0 Å². The topological polar surface area (TPSA) is 32.3 Å². The van der Waals surface area contributed by atoms with Gasteiger partial charge in [-0.05, 0) is 0 Å². The zero-order chi connectivity index (χ0) is 6.97. The first kappa shape index (κ1) is 5.92. The molecule has 0 bridgehead atoms. The minimum Gasteiger partial charge on any atom is -0.353 e. The largest absolute Gasteiger partial charge is 0.353 e. The van der Waals surface area contributed by atoms with E-state index in [0.29, 0.717) is 0 Å². The maximum atomic E-state index is 11.1. The summed E-state index contributed by atoms with van der Waals surface area (Å²) in [6.45, 7) is 2.73. The average Bonchev–Trinajstić information content (AvgIpc) is 2.36. The van der Waals surface area contributed by atoms with E-state index in [1.807, 2.05) is 6.08 Å². The van der Waals surface area contributed by atoms with Gasteiger partial charge in [-0.25, -0.2) is 0 Å². The monoisotopic (exact) mass is 138 g/mol. The summed E-state index contributed by atoms with van der Waals surface area (Å²) in [5, 5.41) is 2.82. The van der Waals surface area contributed by atoms with Crippen LogP contribution in [-0.4, -0.2) is 36.5 Å². The second-order valence-corrected chi connectivity index (χ2v) is 2.66. The number of amides is 1. The van der Waals surface area contributed by atoms with Crippen LogP contribution in [0.5, 0.6) is 0 Å². The second kappa shape index (κ2) is 2.09. The number of piperazine rings is 1. The Morgan fingerprint density at radius 3 is 3.40 bits per heavy atom. The fraction of sp³-hybridized carbons (Fsp3) is 0.571. The molecule has 0 aromatic rings. The molecule has 3 heteroatoms. The summed E-state index contributed by atoms with van der Waals surface area (Å²) < 4.78 is 0. The molecule has 1 unspecified atom stereocenters. The van der Waals surface area contributed by atoms with Gasteiger partial charge in [0.25, 0.3) is 0 Å². The van der Waals surface area contributed by atoms with Crippen molar-refractivity contribution >= 4 is 5.91 Å². The van der Waals surface area contributed by atoms with Crippen LogP contribution in [0.15, 0.2) is 12.2 Å². The molecule has 0 radical (unpaired) electrons. The molecule has 2 aliphatic heterocycles. The van der Waals surface area contributed by atoms with Crippen molar-refractivity contribution in [2.45, 2.75) is 6.04 Å². The van der Waals surface area contributed by atoms with Gasteiger partial charge in [0.05, 0.1) is 0 Å². The lowest BCUT2D eigenvalue weighted by Crippen LogP contribution is -2.52. The summed E-state index contributed by atoms with van der Waals surface area (Å²) in [7, 11) is 0. The standard InChI is InChI=1S/C7H10N2O/c10-7-6-2-1-4-9(6)5-3-8-7/h1-2,6H,3-5H2,(H,8,10). The molecule has 2 aliphatic rings. The van der Waals surface area contributed by atoms with Crippen molar-refractivity contribution < 1.29 is 4.79 Å². The van der Waals surface area contributed by atoms with Gasteiger partial charge in [0.2, 0.25) is 5.91 Å². The zero-order valence-corrected chi connectivity index (χ0v) is 5.71. The van der Waals surface area contributed by atoms with Gasteiger partial charge in [0.15, 0.2) is 0 Å². The third-order valence-corrected chi connectivity index (χ3v) is 2.02. The number of carbonyl (C=O) groups is 1. The molecule has 10 heavy (non-hydrogen) atoms. The van der Waals surface area contributed by atoms with E-state index >= 15 is 0 Å². The Morgan fingerprint density at radius 2 is 2.60 bits per heavy atom. The van der Waals surface area contributed by atoms with E-state index in [9.17, 15) is 4.79 Å². The van der Waals surface area contributed by atoms with Crippen LogP contribution >= 0.6 is 0 Å². The van der Waals surface area contributed by atoms with Gasteiger partial charge in [-0.15, -0.1) is 0 Å². The van der Waals surface area contributed by atoms with E-state index in [-0.39, 0.29) is 11.9 Å². The molecule has 0 aliphatic carbocycles. The van der Waals surface area contributed by atoms with Crippen LogP contribution in [0.2, 0.25) is 0 Å². The molecule has 2 heterocycles. The van der Waals surface area contributed by atoms with E-state index < -0.39 is 0 Å². The Balaban J connectivity index is 2.16. The quantitative estimate of drug-likeness (QED) is 0.451. The smallest absolute Gasteiger partial charge is 0.241 e. The number of hydrogen-bond donors (Lipinski definition) is 1. The van der Waals surface area contributed by atoms with E-state index in [1.54, 1.807) is 0 Å². The Labute approximate surface area is 59.7 Å². The number of fused-ring (bicyclic) bond motifs is 1. The highest BCUT2D eigenvalue weighted by atomic mass is 16.2. The Bertz CT molecular complexity index is 188. The van der Waals surface area contributed by atoms with E-state index in [2.05, 4.69) is 16.3 Å². The summed E-state index contributed by atoms with van der Waals surface area (Å²) >= 11 is 0. The lowest BCUT2D eigenvalue weighted by molar-refractivity contribution is -0.126. The SMILES string of the molecule is O=C1NCCN2CC=CC12. The molecule has 1 saturated heterocycles.